The molecule has 0 aromatic carbocycles. The fourth-order valence-electron chi connectivity index (χ4n) is 0.643. The Bertz CT molecular complexity index is 122. The van der Waals surface area contributed by atoms with E-state index in [2.05, 4.69) is 5.43 Å². The number of hydrogen-bond acceptors (Lipinski definition) is 2. The minimum atomic E-state index is -0.935. The summed E-state index contributed by atoms with van der Waals surface area (Å²) in [6, 6.07) is 0. The van der Waals surface area contributed by atoms with Crippen LogP contribution in [0.5, 0.6) is 0 Å². The molecule has 1 unspecified atom stereocenters. The highest BCUT2D eigenvalue weighted by Gasteiger charge is 2.18. The van der Waals surface area contributed by atoms with Gasteiger partial charge in [-0.05, 0) is 12.5 Å². The Balaban J connectivity index is 2.59. The molecule has 0 amide bonds. The van der Waals surface area contributed by atoms with Crippen molar-refractivity contribution in [3.8, 4) is 0 Å². The lowest BCUT2D eigenvalue weighted by atomic mass is 10.3. The molecule has 1 aliphatic heterocycles. The number of rotatable bonds is 0. The van der Waals surface area contributed by atoms with Crippen molar-refractivity contribution in [3.05, 3.63) is 11.8 Å². The second-order valence-corrected chi connectivity index (χ2v) is 1.96. The molecule has 0 aromatic rings. The Hall–Kier alpha value is -0.570. The first-order valence-electron chi connectivity index (χ1n) is 2.51. The highest BCUT2D eigenvalue weighted by molar-refractivity contribution is 5.06. The molecule has 0 aliphatic carbocycles. The summed E-state index contributed by atoms with van der Waals surface area (Å²) < 4.78 is 12.5. The van der Waals surface area contributed by atoms with Gasteiger partial charge in [-0.25, -0.2) is 4.39 Å². The van der Waals surface area contributed by atoms with Crippen molar-refractivity contribution in [2.75, 3.05) is 7.05 Å². The van der Waals surface area contributed by atoms with E-state index in [1.54, 1.807) is 20.2 Å². The van der Waals surface area contributed by atoms with Crippen LogP contribution in [0.25, 0.3) is 0 Å². The van der Waals surface area contributed by atoms with E-state index in [1.165, 1.54) is 5.01 Å². The van der Waals surface area contributed by atoms with Gasteiger partial charge in [0.25, 0.3) is 0 Å². The summed E-state index contributed by atoms with van der Waals surface area (Å²) in [7, 11) is 1.66. The summed E-state index contributed by atoms with van der Waals surface area (Å²) in [5.74, 6) is 0. The van der Waals surface area contributed by atoms with E-state index in [-0.39, 0.29) is 0 Å². The van der Waals surface area contributed by atoms with Crippen LogP contribution in [0.15, 0.2) is 11.8 Å². The van der Waals surface area contributed by atoms with Gasteiger partial charge in [0.1, 0.15) is 0 Å². The number of nitrogens with zero attached hydrogens (tertiary/aromatic N) is 1. The van der Waals surface area contributed by atoms with Gasteiger partial charge in [0.05, 0.1) is 0 Å². The molecule has 0 aromatic heterocycles. The van der Waals surface area contributed by atoms with Crippen LogP contribution in [0.3, 0.4) is 0 Å². The third-order valence-electron chi connectivity index (χ3n) is 1.21. The van der Waals surface area contributed by atoms with Crippen molar-refractivity contribution in [3.63, 3.8) is 0 Å². The van der Waals surface area contributed by atoms with Crippen LogP contribution in [-0.2, 0) is 0 Å². The standard InChI is InChI=1S/C5H9FN2/c1-4-3-7-8(2)5(4)6/h3,5,7H,1-2H3. The molecule has 0 fully saturated rings. The van der Waals surface area contributed by atoms with Crippen LogP contribution in [0.1, 0.15) is 6.92 Å². The van der Waals surface area contributed by atoms with Crippen molar-refractivity contribution < 1.29 is 4.39 Å². The molecular weight excluding hydrogens is 107 g/mol. The molecule has 0 radical (unpaired) electrons. The minimum absolute atomic E-state index is 0.729. The molecule has 3 heteroatoms. The smallest absolute Gasteiger partial charge is 0.192 e. The third-order valence-corrected chi connectivity index (χ3v) is 1.21. The number of hydrogen-bond donors (Lipinski definition) is 1. The number of halogens is 1. The highest BCUT2D eigenvalue weighted by Crippen LogP contribution is 2.11. The fourth-order valence-corrected chi connectivity index (χ4v) is 0.643. The molecular formula is C5H9FN2. The van der Waals surface area contributed by atoms with E-state index >= 15 is 0 Å². The predicted octanol–water partition coefficient (Wildman–Crippen LogP) is 0.636. The quantitative estimate of drug-likeness (QED) is 0.467. The average Bonchev–Trinajstić information content (AvgIpc) is 1.98. The largest absolute Gasteiger partial charge is 0.323 e. The van der Waals surface area contributed by atoms with Crippen molar-refractivity contribution >= 4 is 0 Å². The molecule has 0 saturated heterocycles. The first kappa shape index (κ1) is 5.56. The maximum Gasteiger partial charge on any atom is 0.192 e. The SMILES string of the molecule is CC1=CNN(C)C1F. The molecule has 1 aliphatic rings. The number of nitrogens with one attached hydrogen (secondary N) is 1. The Labute approximate surface area is 47.9 Å². The summed E-state index contributed by atoms with van der Waals surface area (Å²) in [5.41, 5.74) is 3.44. The predicted molar refractivity (Wildman–Crippen MR) is 29.6 cm³/mol. The molecule has 2 nitrogen and oxygen atoms in total. The summed E-state index contributed by atoms with van der Waals surface area (Å²) in [6.45, 7) is 1.75. The zero-order valence-corrected chi connectivity index (χ0v) is 4.98. The van der Waals surface area contributed by atoms with Crippen LogP contribution < -0.4 is 5.43 Å². The van der Waals surface area contributed by atoms with E-state index in [0.29, 0.717) is 0 Å². The molecule has 1 rings (SSSR count). The lowest BCUT2D eigenvalue weighted by Gasteiger charge is -2.11. The second kappa shape index (κ2) is 1.74. The Morgan fingerprint density at radius 2 is 2.50 bits per heavy atom. The Morgan fingerprint density at radius 3 is 2.62 bits per heavy atom. The number of hydrazine groups is 1. The van der Waals surface area contributed by atoms with Gasteiger partial charge in [-0.15, -0.1) is 0 Å². The normalized spacial score (nSPS) is 29.9. The molecule has 1 atom stereocenters. The van der Waals surface area contributed by atoms with Crippen LogP contribution in [-0.4, -0.2) is 18.4 Å². The zero-order valence-electron chi connectivity index (χ0n) is 4.98. The Kier molecular flexibility index (Phi) is 1.21. The number of likely N-dealkylation sites (N-methyl/N-ethyl adjacent to an activating group) is 1. The maximum absolute atomic E-state index is 12.5. The molecule has 46 valence electrons. The van der Waals surface area contributed by atoms with Gasteiger partial charge in [-0.1, -0.05) is 0 Å². The molecule has 1 heterocycles. The van der Waals surface area contributed by atoms with Gasteiger partial charge in [-0.3, -0.25) is 0 Å². The lowest BCUT2D eigenvalue weighted by molar-refractivity contribution is 0.131. The molecule has 0 bridgehead atoms. The third kappa shape index (κ3) is 0.690. The van der Waals surface area contributed by atoms with Gasteiger partial charge in [0, 0.05) is 13.2 Å². The van der Waals surface area contributed by atoms with Crippen molar-refractivity contribution in [2.24, 2.45) is 0 Å². The zero-order chi connectivity index (χ0) is 6.15. The Morgan fingerprint density at radius 1 is 1.88 bits per heavy atom. The van der Waals surface area contributed by atoms with Crippen molar-refractivity contribution in [2.45, 2.75) is 13.2 Å². The van der Waals surface area contributed by atoms with E-state index in [4.69, 9.17) is 0 Å². The summed E-state index contributed by atoms with van der Waals surface area (Å²) in [4.78, 5) is 0. The van der Waals surface area contributed by atoms with Crippen molar-refractivity contribution in [1.82, 2.24) is 10.4 Å². The topological polar surface area (TPSA) is 15.3 Å². The molecule has 0 saturated carbocycles. The maximum atomic E-state index is 12.5. The first-order valence-corrected chi connectivity index (χ1v) is 2.51. The number of alkyl halides is 1. The van der Waals surface area contributed by atoms with Crippen LogP contribution >= 0.6 is 0 Å². The first-order chi connectivity index (χ1) is 3.72. The van der Waals surface area contributed by atoms with Crippen molar-refractivity contribution in [1.29, 1.82) is 0 Å². The summed E-state index contributed by atoms with van der Waals surface area (Å²) in [6.07, 6.45) is 0.722. The van der Waals surface area contributed by atoms with E-state index < -0.39 is 6.30 Å². The van der Waals surface area contributed by atoms with E-state index in [1.807, 2.05) is 0 Å². The molecule has 0 spiro atoms. The highest BCUT2D eigenvalue weighted by atomic mass is 19.1. The monoisotopic (exact) mass is 116 g/mol. The van der Waals surface area contributed by atoms with E-state index in [0.717, 1.165) is 5.57 Å². The summed E-state index contributed by atoms with van der Waals surface area (Å²) >= 11 is 0. The van der Waals surface area contributed by atoms with Crippen LogP contribution in [0.2, 0.25) is 0 Å². The molecule has 1 N–H and O–H groups in total. The summed E-state index contributed by atoms with van der Waals surface area (Å²) in [5, 5.41) is 1.41. The van der Waals surface area contributed by atoms with Crippen LogP contribution in [0, 0.1) is 0 Å². The average molecular weight is 116 g/mol. The minimum Gasteiger partial charge on any atom is -0.323 e. The fraction of sp³-hybridized carbons (Fsp3) is 0.600. The van der Waals surface area contributed by atoms with Gasteiger partial charge < -0.3 is 5.43 Å². The van der Waals surface area contributed by atoms with Gasteiger partial charge >= 0.3 is 0 Å². The van der Waals surface area contributed by atoms with Gasteiger partial charge in [0.15, 0.2) is 6.30 Å². The molecule has 8 heavy (non-hydrogen) atoms. The van der Waals surface area contributed by atoms with Crippen LogP contribution in [0.4, 0.5) is 4.39 Å². The van der Waals surface area contributed by atoms with Gasteiger partial charge in [0.2, 0.25) is 0 Å². The van der Waals surface area contributed by atoms with E-state index in [9.17, 15) is 4.39 Å². The second-order valence-electron chi connectivity index (χ2n) is 1.96. The van der Waals surface area contributed by atoms with Gasteiger partial charge in [-0.2, -0.15) is 5.01 Å². The lowest BCUT2D eigenvalue weighted by Crippen LogP contribution is -2.30.